The minimum absolute atomic E-state index is 0.102. The van der Waals surface area contributed by atoms with Gasteiger partial charge >= 0.3 is 0 Å². The molecule has 0 saturated carbocycles. The molecule has 0 bridgehead atoms. The molecular weight excluding hydrogens is 325 g/mol. The van der Waals surface area contributed by atoms with Gasteiger partial charge in [-0.05, 0) is 49.7 Å². The average Bonchev–Trinajstić information content (AvgIpc) is 2.66. The quantitative estimate of drug-likeness (QED) is 0.828. The molecule has 2 aromatic rings. The number of halogens is 2. The molecule has 1 unspecified atom stereocenters. The highest BCUT2D eigenvalue weighted by molar-refractivity contribution is 9.10. The standard InChI is InChI=1S/C15H17BrFNS/c1-4-18-15(13-7-9(2)19-10(13)3)12-6-5-11(17)8-14(12)16/h5-8,15,18H,4H2,1-3H3. The molecule has 2 rings (SSSR count). The van der Waals surface area contributed by atoms with E-state index in [1.165, 1.54) is 27.5 Å². The molecule has 0 aliphatic heterocycles. The number of hydrogen-bond donors (Lipinski definition) is 1. The lowest BCUT2D eigenvalue weighted by atomic mass is 9.99. The lowest BCUT2D eigenvalue weighted by molar-refractivity contribution is 0.610. The predicted octanol–water partition coefficient (Wildman–Crippen LogP) is 4.97. The van der Waals surface area contributed by atoms with Gasteiger partial charge in [0.2, 0.25) is 0 Å². The summed E-state index contributed by atoms with van der Waals surface area (Å²) < 4.78 is 14.0. The maximum atomic E-state index is 13.2. The maximum Gasteiger partial charge on any atom is 0.124 e. The molecule has 4 heteroatoms. The van der Waals surface area contributed by atoms with Gasteiger partial charge < -0.3 is 5.32 Å². The third-order valence-electron chi connectivity index (χ3n) is 3.07. The Labute approximate surface area is 126 Å². The van der Waals surface area contributed by atoms with E-state index in [0.717, 1.165) is 16.6 Å². The topological polar surface area (TPSA) is 12.0 Å². The van der Waals surface area contributed by atoms with Crippen molar-refractivity contribution in [2.75, 3.05) is 6.54 Å². The first-order chi connectivity index (χ1) is 9.02. The number of nitrogens with one attached hydrogen (secondary N) is 1. The van der Waals surface area contributed by atoms with Crippen molar-refractivity contribution in [3.05, 3.63) is 55.4 Å². The summed E-state index contributed by atoms with van der Waals surface area (Å²) >= 11 is 5.27. The molecule has 102 valence electrons. The molecule has 1 nitrogen and oxygen atoms in total. The van der Waals surface area contributed by atoms with Gasteiger partial charge in [0.05, 0.1) is 6.04 Å². The van der Waals surface area contributed by atoms with Gasteiger partial charge in [0.25, 0.3) is 0 Å². The van der Waals surface area contributed by atoms with Crippen molar-refractivity contribution < 1.29 is 4.39 Å². The minimum Gasteiger partial charge on any atom is -0.306 e. The van der Waals surface area contributed by atoms with Crippen LogP contribution in [0, 0.1) is 19.7 Å². The Kier molecular flexibility index (Phi) is 4.76. The largest absolute Gasteiger partial charge is 0.306 e. The van der Waals surface area contributed by atoms with Gasteiger partial charge in [0.15, 0.2) is 0 Å². The van der Waals surface area contributed by atoms with Gasteiger partial charge in [-0.2, -0.15) is 0 Å². The molecule has 0 fully saturated rings. The number of rotatable bonds is 4. The van der Waals surface area contributed by atoms with Crippen molar-refractivity contribution in [3.63, 3.8) is 0 Å². The first kappa shape index (κ1) is 14.7. The summed E-state index contributed by atoms with van der Waals surface area (Å²) in [5.74, 6) is -0.218. The molecule has 0 saturated heterocycles. The monoisotopic (exact) mass is 341 g/mol. The summed E-state index contributed by atoms with van der Waals surface area (Å²) in [7, 11) is 0. The van der Waals surface area contributed by atoms with Gasteiger partial charge in [-0.3, -0.25) is 0 Å². The average molecular weight is 342 g/mol. The van der Waals surface area contributed by atoms with Crippen LogP contribution in [-0.2, 0) is 0 Å². The third kappa shape index (κ3) is 3.25. The first-order valence-electron chi connectivity index (χ1n) is 6.28. The summed E-state index contributed by atoms with van der Waals surface area (Å²) in [6.07, 6.45) is 0. The van der Waals surface area contributed by atoms with Crippen LogP contribution in [-0.4, -0.2) is 6.54 Å². The summed E-state index contributed by atoms with van der Waals surface area (Å²) in [5.41, 5.74) is 2.35. The van der Waals surface area contributed by atoms with Gasteiger partial charge in [-0.1, -0.05) is 28.9 Å². The zero-order valence-corrected chi connectivity index (χ0v) is 13.7. The Bertz CT molecular complexity index is 580. The molecular formula is C15H17BrFNS. The zero-order valence-electron chi connectivity index (χ0n) is 11.3. The van der Waals surface area contributed by atoms with Crippen molar-refractivity contribution in [1.82, 2.24) is 5.32 Å². The van der Waals surface area contributed by atoms with Crippen molar-refractivity contribution in [2.45, 2.75) is 26.8 Å². The second-order valence-electron chi connectivity index (χ2n) is 4.53. The molecule has 1 N–H and O–H groups in total. The van der Waals surface area contributed by atoms with Crippen LogP contribution in [0.25, 0.3) is 0 Å². The Balaban J connectivity index is 2.48. The van der Waals surface area contributed by atoms with Crippen LogP contribution >= 0.6 is 27.3 Å². The van der Waals surface area contributed by atoms with Gasteiger partial charge in [0, 0.05) is 14.2 Å². The van der Waals surface area contributed by atoms with E-state index in [-0.39, 0.29) is 11.9 Å². The number of hydrogen-bond acceptors (Lipinski definition) is 2. The van der Waals surface area contributed by atoms with Gasteiger partial charge in [0.1, 0.15) is 5.82 Å². The van der Waals surface area contributed by atoms with Crippen LogP contribution in [0.4, 0.5) is 4.39 Å². The lowest BCUT2D eigenvalue weighted by Gasteiger charge is -2.20. The highest BCUT2D eigenvalue weighted by Gasteiger charge is 2.19. The van der Waals surface area contributed by atoms with E-state index < -0.39 is 0 Å². The Morgan fingerprint density at radius 1 is 1.26 bits per heavy atom. The van der Waals surface area contributed by atoms with Crippen molar-refractivity contribution >= 4 is 27.3 Å². The number of thiophene rings is 1. The summed E-state index contributed by atoms with van der Waals surface area (Å²) in [5, 5.41) is 3.48. The Morgan fingerprint density at radius 3 is 2.53 bits per heavy atom. The molecule has 0 amide bonds. The van der Waals surface area contributed by atoms with Crippen LogP contribution < -0.4 is 5.32 Å². The fourth-order valence-corrected chi connectivity index (χ4v) is 3.81. The van der Waals surface area contributed by atoms with Crippen LogP contribution in [0.15, 0.2) is 28.7 Å². The fourth-order valence-electron chi connectivity index (χ4n) is 2.26. The predicted molar refractivity (Wildman–Crippen MR) is 83.4 cm³/mol. The van der Waals surface area contributed by atoms with E-state index >= 15 is 0 Å². The van der Waals surface area contributed by atoms with Crippen LogP contribution in [0.2, 0.25) is 0 Å². The molecule has 1 atom stereocenters. The zero-order chi connectivity index (χ0) is 14.0. The van der Waals surface area contributed by atoms with Crippen LogP contribution in [0.3, 0.4) is 0 Å². The van der Waals surface area contributed by atoms with Crippen molar-refractivity contribution in [3.8, 4) is 0 Å². The fraction of sp³-hybridized carbons (Fsp3) is 0.333. The summed E-state index contributed by atoms with van der Waals surface area (Å²) in [4.78, 5) is 2.60. The van der Waals surface area contributed by atoms with E-state index in [2.05, 4.69) is 48.1 Å². The molecule has 1 heterocycles. The van der Waals surface area contributed by atoms with E-state index in [4.69, 9.17) is 0 Å². The van der Waals surface area contributed by atoms with Crippen LogP contribution in [0.1, 0.15) is 33.8 Å². The van der Waals surface area contributed by atoms with E-state index in [0.29, 0.717) is 0 Å². The molecule has 1 aromatic carbocycles. The van der Waals surface area contributed by atoms with E-state index in [1.54, 1.807) is 11.3 Å². The summed E-state index contributed by atoms with van der Waals surface area (Å²) in [6.45, 7) is 7.19. The number of benzene rings is 1. The second-order valence-corrected chi connectivity index (χ2v) is 6.84. The maximum absolute atomic E-state index is 13.2. The smallest absolute Gasteiger partial charge is 0.124 e. The van der Waals surface area contributed by atoms with Gasteiger partial charge in [-0.15, -0.1) is 11.3 Å². The van der Waals surface area contributed by atoms with Crippen molar-refractivity contribution in [2.24, 2.45) is 0 Å². The van der Waals surface area contributed by atoms with Crippen LogP contribution in [0.5, 0.6) is 0 Å². The van der Waals surface area contributed by atoms with Gasteiger partial charge in [-0.25, -0.2) is 4.39 Å². The molecule has 0 aliphatic carbocycles. The van der Waals surface area contributed by atoms with E-state index in [9.17, 15) is 4.39 Å². The molecule has 19 heavy (non-hydrogen) atoms. The Hall–Kier alpha value is -0.710. The second kappa shape index (κ2) is 6.16. The SMILES string of the molecule is CCNC(c1ccc(F)cc1Br)c1cc(C)sc1C. The third-order valence-corrected chi connectivity index (χ3v) is 4.74. The number of aryl methyl sites for hydroxylation is 2. The molecule has 1 aromatic heterocycles. The first-order valence-corrected chi connectivity index (χ1v) is 7.89. The van der Waals surface area contributed by atoms with E-state index in [1.807, 2.05) is 6.07 Å². The molecule has 0 spiro atoms. The molecule has 0 aliphatic rings. The summed E-state index contributed by atoms with van der Waals surface area (Å²) in [6, 6.07) is 7.19. The van der Waals surface area contributed by atoms with Crippen molar-refractivity contribution in [1.29, 1.82) is 0 Å². The Morgan fingerprint density at radius 2 is 2.00 bits per heavy atom. The normalized spacial score (nSPS) is 12.7. The highest BCUT2D eigenvalue weighted by atomic mass is 79.9. The lowest BCUT2D eigenvalue weighted by Crippen LogP contribution is -2.22. The molecule has 0 radical (unpaired) electrons. The minimum atomic E-state index is -0.218. The highest BCUT2D eigenvalue weighted by Crippen LogP contribution is 2.34.